The van der Waals surface area contributed by atoms with Crippen molar-refractivity contribution in [1.82, 2.24) is 10.2 Å². The normalized spacial score (nSPS) is 12.5. The molecule has 4 rings (SSSR count). The van der Waals surface area contributed by atoms with Gasteiger partial charge in [0.25, 0.3) is 10.0 Å². The van der Waals surface area contributed by atoms with Gasteiger partial charge in [-0.3, -0.25) is 13.9 Å². The maximum absolute atomic E-state index is 14.6. The van der Waals surface area contributed by atoms with Crippen molar-refractivity contribution in [3.63, 3.8) is 0 Å². The van der Waals surface area contributed by atoms with Crippen LogP contribution in [0.1, 0.15) is 43.9 Å². The van der Waals surface area contributed by atoms with Crippen molar-refractivity contribution < 1.29 is 22.7 Å². The Bertz CT molecular complexity index is 1790. The quantitative estimate of drug-likeness (QED) is 0.138. The molecule has 0 aliphatic carbocycles. The van der Waals surface area contributed by atoms with E-state index < -0.39 is 28.5 Å². The van der Waals surface area contributed by atoms with E-state index in [-0.39, 0.29) is 35.5 Å². The van der Waals surface area contributed by atoms with E-state index in [0.717, 1.165) is 15.4 Å². The lowest BCUT2D eigenvalue weighted by atomic mass is 10.0. The van der Waals surface area contributed by atoms with E-state index in [9.17, 15) is 18.0 Å². The highest BCUT2D eigenvalue weighted by atomic mass is 35.5. The zero-order chi connectivity index (χ0) is 34.8. The molecule has 11 heteroatoms. The number of rotatable bonds is 15. The molecule has 0 heterocycles. The van der Waals surface area contributed by atoms with Crippen LogP contribution >= 0.6 is 23.2 Å². The molecular weight excluding hydrogens is 669 g/mol. The van der Waals surface area contributed by atoms with E-state index >= 15 is 0 Å². The summed E-state index contributed by atoms with van der Waals surface area (Å²) in [5.74, 6) is -0.393. The Labute approximate surface area is 293 Å². The molecule has 8 nitrogen and oxygen atoms in total. The van der Waals surface area contributed by atoms with Crippen molar-refractivity contribution in [3.05, 3.63) is 124 Å². The zero-order valence-corrected chi connectivity index (χ0v) is 29.9. The fourth-order valence-corrected chi connectivity index (χ4v) is 6.95. The van der Waals surface area contributed by atoms with E-state index in [1.54, 1.807) is 54.6 Å². The van der Waals surface area contributed by atoms with E-state index in [1.165, 1.54) is 17.0 Å². The molecule has 48 heavy (non-hydrogen) atoms. The molecule has 2 atom stereocenters. The third-order valence-corrected chi connectivity index (χ3v) is 10.3. The van der Waals surface area contributed by atoms with Crippen LogP contribution in [0.15, 0.2) is 102 Å². The number of benzene rings is 4. The molecule has 0 radical (unpaired) electrons. The van der Waals surface area contributed by atoms with Gasteiger partial charge < -0.3 is 15.0 Å². The minimum Gasteiger partial charge on any atom is -0.494 e. The molecule has 0 unspecified atom stereocenters. The molecule has 0 saturated heterocycles. The number of hydrogen-bond acceptors (Lipinski definition) is 5. The summed E-state index contributed by atoms with van der Waals surface area (Å²) in [7, 11) is -4.24. The standard InChI is InChI=1S/C37H41Cl2N3O5S/c1-5-27(4)40-37(44)35(22-28-10-8-7-9-11-28)41(24-29-14-15-30(38)23-34(29)39)36(43)25-42(31-16-18-32(19-17-31)47-6-2)48(45,46)33-20-12-26(3)13-21-33/h7-21,23,27,35H,5-6,22,24-25H2,1-4H3,(H,40,44)/t27-,35-/m1/s1. The molecule has 1 N–H and O–H groups in total. The van der Waals surface area contributed by atoms with Crippen LogP contribution in [-0.4, -0.2) is 50.4 Å². The summed E-state index contributed by atoms with van der Waals surface area (Å²) in [5, 5.41) is 3.76. The highest BCUT2D eigenvalue weighted by Crippen LogP contribution is 2.28. The second-order valence-corrected chi connectivity index (χ2v) is 14.2. The van der Waals surface area contributed by atoms with Crippen molar-refractivity contribution in [3.8, 4) is 5.75 Å². The van der Waals surface area contributed by atoms with Gasteiger partial charge in [-0.1, -0.05) is 84.2 Å². The van der Waals surface area contributed by atoms with Crippen molar-refractivity contribution in [1.29, 1.82) is 0 Å². The van der Waals surface area contributed by atoms with Crippen molar-refractivity contribution in [2.75, 3.05) is 17.5 Å². The summed E-state index contributed by atoms with van der Waals surface area (Å²) >= 11 is 12.8. The average molecular weight is 711 g/mol. The number of amides is 2. The molecule has 0 aliphatic rings. The number of halogens is 2. The van der Waals surface area contributed by atoms with Gasteiger partial charge in [-0.05, 0) is 86.8 Å². The van der Waals surface area contributed by atoms with Gasteiger partial charge in [0, 0.05) is 29.1 Å². The zero-order valence-electron chi connectivity index (χ0n) is 27.5. The number of carbonyl (C=O) groups excluding carboxylic acids is 2. The van der Waals surface area contributed by atoms with Crippen LogP contribution in [0.4, 0.5) is 5.69 Å². The third kappa shape index (κ3) is 9.52. The summed E-state index contributed by atoms with van der Waals surface area (Å²) in [6.45, 7) is 7.35. The van der Waals surface area contributed by atoms with Crippen molar-refractivity contribution >= 4 is 50.7 Å². The van der Waals surface area contributed by atoms with Gasteiger partial charge in [0.1, 0.15) is 18.3 Å². The predicted molar refractivity (Wildman–Crippen MR) is 192 cm³/mol. The lowest BCUT2D eigenvalue weighted by Gasteiger charge is -2.34. The molecule has 4 aromatic rings. The summed E-state index contributed by atoms with van der Waals surface area (Å²) < 4.78 is 35.1. The molecule has 2 amide bonds. The number of carbonyl (C=O) groups is 2. The summed E-state index contributed by atoms with van der Waals surface area (Å²) in [4.78, 5) is 30.1. The molecule has 0 aliphatic heterocycles. The van der Waals surface area contributed by atoms with Crippen LogP contribution in [0.25, 0.3) is 0 Å². The Hall–Kier alpha value is -4.05. The van der Waals surface area contributed by atoms with E-state index in [1.807, 2.05) is 58.0 Å². The summed E-state index contributed by atoms with van der Waals surface area (Å²) in [5.41, 5.74) is 2.54. The molecular formula is C37H41Cl2N3O5S. The Morgan fingerprint density at radius 3 is 2.17 bits per heavy atom. The first-order valence-corrected chi connectivity index (χ1v) is 18.0. The smallest absolute Gasteiger partial charge is 0.264 e. The van der Waals surface area contributed by atoms with Gasteiger partial charge in [0.2, 0.25) is 11.8 Å². The number of nitrogens with one attached hydrogen (secondary N) is 1. The highest BCUT2D eigenvalue weighted by molar-refractivity contribution is 7.92. The molecule has 0 saturated carbocycles. The average Bonchev–Trinajstić information content (AvgIpc) is 3.07. The monoisotopic (exact) mass is 709 g/mol. The van der Waals surface area contributed by atoms with Gasteiger partial charge in [-0.15, -0.1) is 0 Å². The van der Waals surface area contributed by atoms with Crippen molar-refractivity contribution in [2.45, 2.75) is 64.1 Å². The Morgan fingerprint density at radius 1 is 0.896 bits per heavy atom. The molecule has 0 aromatic heterocycles. The topological polar surface area (TPSA) is 96.0 Å². The van der Waals surface area contributed by atoms with Crippen LogP contribution in [0.5, 0.6) is 5.75 Å². The summed E-state index contributed by atoms with van der Waals surface area (Å²) in [6, 6.07) is 26.1. The number of nitrogens with zero attached hydrogens (tertiary/aromatic N) is 2. The Morgan fingerprint density at radius 2 is 1.56 bits per heavy atom. The first-order chi connectivity index (χ1) is 22.9. The largest absolute Gasteiger partial charge is 0.494 e. The fraction of sp³-hybridized carbons (Fsp3) is 0.297. The van der Waals surface area contributed by atoms with Crippen LogP contribution in [0, 0.1) is 6.92 Å². The maximum Gasteiger partial charge on any atom is 0.264 e. The van der Waals surface area contributed by atoms with Gasteiger partial charge in [0.15, 0.2) is 0 Å². The fourth-order valence-electron chi connectivity index (χ4n) is 5.07. The number of sulfonamides is 1. The van der Waals surface area contributed by atoms with E-state index in [2.05, 4.69) is 5.32 Å². The number of aryl methyl sites for hydroxylation is 1. The van der Waals surface area contributed by atoms with Crippen LogP contribution in [0.3, 0.4) is 0 Å². The van der Waals surface area contributed by atoms with Crippen molar-refractivity contribution in [2.24, 2.45) is 0 Å². The van der Waals surface area contributed by atoms with E-state index in [0.29, 0.717) is 34.4 Å². The molecule has 0 fully saturated rings. The Balaban J connectivity index is 1.83. The predicted octanol–water partition coefficient (Wildman–Crippen LogP) is 7.45. The molecule has 4 aromatic carbocycles. The SMILES string of the molecule is CCOc1ccc(N(CC(=O)N(Cc2ccc(Cl)cc2Cl)[C@H](Cc2ccccc2)C(=O)N[C@H](C)CC)S(=O)(=O)c2ccc(C)cc2)cc1. The Kier molecular flexibility index (Phi) is 12.9. The van der Waals surface area contributed by atoms with Gasteiger partial charge in [-0.25, -0.2) is 8.42 Å². The third-order valence-electron chi connectivity index (χ3n) is 7.95. The lowest BCUT2D eigenvalue weighted by molar-refractivity contribution is -0.140. The summed E-state index contributed by atoms with van der Waals surface area (Å²) in [6.07, 6.45) is 0.870. The number of ether oxygens (including phenoxy) is 1. The molecule has 0 bridgehead atoms. The van der Waals surface area contributed by atoms with Gasteiger partial charge in [-0.2, -0.15) is 0 Å². The maximum atomic E-state index is 14.6. The second kappa shape index (κ2) is 16.9. The highest BCUT2D eigenvalue weighted by Gasteiger charge is 2.35. The van der Waals surface area contributed by atoms with Gasteiger partial charge >= 0.3 is 0 Å². The molecule has 254 valence electrons. The first-order valence-electron chi connectivity index (χ1n) is 15.8. The van der Waals surface area contributed by atoms with Gasteiger partial charge in [0.05, 0.1) is 17.2 Å². The van der Waals surface area contributed by atoms with Crippen LogP contribution in [-0.2, 0) is 32.6 Å². The molecule has 0 spiro atoms. The lowest BCUT2D eigenvalue weighted by Crippen LogP contribution is -2.54. The first kappa shape index (κ1) is 36.8. The second-order valence-electron chi connectivity index (χ2n) is 11.5. The number of anilines is 1. The van der Waals surface area contributed by atoms with Crippen LogP contribution < -0.4 is 14.4 Å². The van der Waals surface area contributed by atoms with E-state index in [4.69, 9.17) is 27.9 Å². The minimum atomic E-state index is -4.24. The van der Waals surface area contributed by atoms with Crippen LogP contribution in [0.2, 0.25) is 10.0 Å². The minimum absolute atomic E-state index is 0.0254. The number of hydrogen-bond donors (Lipinski definition) is 1.